The number of carbonyl (C=O) groups excluding carboxylic acids is 2. The fourth-order valence-electron chi connectivity index (χ4n) is 1.43. The molecule has 5 nitrogen and oxygen atoms in total. The lowest BCUT2D eigenvalue weighted by atomic mass is 10.0. The second kappa shape index (κ2) is 3.90. The predicted octanol–water partition coefficient (Wildman–Crippen LogP) is 0.605. The van der Waals surface area contributed by atoms with E-state index in [1.807, 2.05) is 0 Å². The Labute approximate surface area is 98.5 Å². The van der Waals surface area contributed by atoms with Gasteiger partial charge in [-0.1, -0.05) is 0 Å². The van der Waals surface area contributed by atoms with Crippen molar-refractivity contribution >= 4 is 39.3 Å². The third kappa shape index (κ3) is 1.76. The lowest BCUT2D eigenvalue weighted by Crippen LogP contribution is -2.57. The van der Waals surface area contributed by atoms with Crippen LogP contribution >= 0.6 is 27.5 Å². The standard InChI is InChI=1S/C8H8BrN3O2S/c9-4-3-11-15-6(4)8(14)12-2-1-5(12)7(10)13/h3,5H,1-2H2,(H2,10,13). The molecule has 1 saturated heterocycles. The number of amides is 2. The molecule has 2 rings (SSSR count). The second-order valence-corrected chi connectivity index (χ2v) is 4.86. The number of carbonyl (C=O) groups is 2. The Morgan fingerprint density at radius 2 is 2.40 bits per heavy atom. The Bertz CT molecular complexity index is 420. The summed E-state index contributed by atoms with van der Waals surface area (Å²) in [6.07, 6.45) is 2.22. The highest BCUT2D eigenvalue weighted by atomic mass is 79.9. The van der Waals surface area contributed by atoms with Crippen molar-refractivity contribution in [2.75, 3.05) is 6.54 Å². The monoisotopic (exact) mass is 289 g/mol. The fourth-order valence-corrected chi connectivity index (χ4v) is 2.65. The van der Waals surface area contributed by atoms with Crippen molar-refractivity contribution in [1.82, 2.24) is 9.27 Å². The first-order valence-electron chi connectivity index (χ1n) is 4.31. The van der Waals surface area contributed by atoms with Crippen molar-refractivity contribution in [2.24, 2.45) is 5.73 Å². The number of halogens is 1. The maximum Gasteiger partial charge on any atom is 0.267 e. The van der Waals surface area contributed by atoms with E-state index < -0.39 is 11.9 Å². The van der Waals surface area contributed by atoms with Crippen molar-refractivity contribution in [3.05, 3.63) is 15.5 Å². The zero-order chi connectivity index (χ0) is 11.0. The van der Waals surface area contributed by atoms with Crippen molar-refractivity contribution in [2.45, 2.75) is 12.5 Å². The molecule has 2 N–H and O–H groups in total. The predicted molar refractivity (Wildman–Crippen MR) is 58.4 cm³/mol. The van der Waals surface area contributed by atoms with Gasteiger partial charge in [0.1, 0.15) is 10.9 Å². The van der Waals surface area contributed by atoms with Crippen LogP contribution in [0.25, 0.3) is 0 Å². The first-order chi connectivity index (χ1) is 7.11. The van der Waals surface area contributed by atoms with E-state index >= 15 is 0 Å². The SMILES string of the molecule is NC(=O)C1CCN1C(=O)c1sncc1Br. The molecular formula is C8H8BrN3O2S. The van der Waals surface area contributed by atoms with E-state index in [0.717, 1.165) is 11.5 Å². The minimum atomic E-state index is -0.452. The van der Waals surface area contributed by atoms with Crippen LogP contribution in [0.4, 0.5) is 0 Å². The van der Waals surface area contributed by atoms with Crippen LogP contribution < -0.4 is 5.73 Å². The Kier molecular flexibility index (Phi) is 2.74. The van der Waals surface area contributed by atoms with E-state index in [4.69, 9.17) is 5.73 Å². The molecule has 0 aromatic carbocycles. The Morgan fingerprint density at radius 3 is 2.80 bits per heavy atom. The summed E-state index contributed by atoms with van der Waals surface area (Å²) in [6, 6.07) is -0.452. The van der Waals surface area contributed by atoms with Crippen LogP contribution in [0.15, 0.2) is 10.7 Å². The highest BCUT2D eigenvalue weighted by molar-refractivity contribution is 9.10. The molecule has 2 amide bonds. The highest BCUT2D eigenvalue weighted by Crippen LogP contribution is 2.26. The van der Waals surface area contributed by atoms with Crippen LogP contribution in [0.2, 0.25) is 0 Å². The largest absolute Gasteiger partial charge is 0.368 e. The smallest absolute Gasteiger partial charge is 0.267 e. The summed E-state index contributed by atoms with van der Waals surface area (Å²) in [6.45, 7) is 0.580. The van der Waals surface area contributed by atoms with Gasteiger partial charge in [-0.05, 0) is 33.9 Å². The number of hydrogen-bond donors (Lipinski definition) is 1. The molecule has 1 aromatic heterocycles. The fraction of sp³-hybridized carbons (Fsp3) is 0.375. The van der Waals surface area contributed by atoms with Crippen molar-refractivity contribution in [3.8, 4) is 0 Å². The summed E-state index contributed by atoms with van der Waals surface area (Å²) < 4.78 is 4.54. The molecule has 7 heteroatoms. The maximum absolute atomic E-state index is 11.9. The minimum Gasteiger partial charge on any atom is -0.368 e. The van der Waals surface area contributed by atoms with Gasteiger partial charge < -0.3 is 10.6 Å². The van der Waals surface area contributed by atoms with Gasteiger partial charge in [0, 0.05) is 6.54 Å². The zero-order valence-electron chi connectivity index (χ0n) is 7.64. The molecule has 0 bridgehead atoms. The van der Waals surface area contributed by atoms with Gasteiger partial charge in [0.25, 0.3) is 5.91 Å². The normalized spacial score (nSPS) is 19.8. The summed E-state index contributed by atoms with van der Waals surface area (Å²) in [5.74, 6) is -0.630. The van der Waals surface area contributed by atoms with Crippen LogP contribution in [0.5, 0.6) is 0 Å². The number of hydrogen-bond acceptors (Lipinski definition) is 4. The molecule has 1 fully saturated rings. The molecule has 0 spiro atoms. The molecule has 80 valence electrons. The third-order valence-electron chi connectivity index (χ3n) is 2.33. The number of nitrogens with two attached hydrogens (primary N) is 1. The van der Waals surface area contributed by atoms with Gasteiger partial charge >= 0.3 is 0 Å². The zero-order valence-corrected chi connectivity index (χ0v) is 10.0. The molecule has 0 aliphatic carbocycles. The molecule has 1 aliphatic heterocycles. The molecular weight excluding hydrogens is 282 g/mol. The summed E-state index contributed by atoms with van der Waals surface area (Å²) in [5.41, 5.74) is 5.16. The van der Waals surface area contributed by atoms with E-state index in [2.05, 4.69) is 20.3 Å². The highest BCUT2D eigenvalue weighted by Gasteiger charge is 2.37. The molecule has 1 atom stereocenters. The molecule has 1 aromatic rings. The van der Waals surface area contributed by atoms with E-state index in [0.29, 0.717) is 22.3 Å². The maximum atomic E-state index is 11.9. The molecule has 1 unspecified atom stereocenters. The topological polar surface area (TPSA) is 76.3 Å². The van der Waals surface area contributed by atoms with Crippen LogP contribution in [0, 0.1) is 0 Å². The minimum absolute atomic E-state index is 0.181. The van der Waals surface area contributed by atoms with Crippen molar-refractivity contribution < 1.29 is 9.59 Å². The van der Waals surface area contributed by atoms with Gasteiger partial charge in [0.05, 0.1) is 10.7 Å². The number of rotatable bonds is 2. The van der Waals surface area contributed by atoms with Crippen LogP contribution in [-0.2, 0) is 4.79 Å². The van der Waals surface area contributed by atoms with Crippen molar-refractivity contribution in [3.63, 3.8) is 0 Å². The molecule has 2 heterocycles. The van der Waals surface area contributed by atoms with E-state index in [9.17, 15) is 9.59 Å². The van der Waals surface area contributed by atoms with Gasteiger partial charge in [-0.15, -0.1) is 0 Å². The summed E-state index contributed by atoms with van der Waals surface area (Å²) in [7, 11) is 0. The Hall–Kier alpha value is -0.950. The summed E-state index contributed by atoms with van der Waals surface area (Å²) in [4.78, 5) is 24.8. The number of likely N-dealkylation sites (tertiary alicyclic amines) is 1. The summed E-state index contributed by atoms with van der Waals surface area (Å²) in [5, 5.41) is 0. The third-order valence-corrected chi connectivity index (χ3v) is 3.98. The van der Waals surface area contributed by atoms with Gasteiger partial charge in [-0.3, -0.25) is 9.59 Å². The first-order valence-corrected chi connectivity index (χ1v) is 5.88. The lowest BCUT2D eigenvalue weighted by Gasteiger charge is -2.38. The molecule has 1 aliphatic rings. The van der Waals surface area contributed by atoms with Gasteiger partial charge in [-0.25, -0.2) is 0 Å². The number of nitrogens with zero attached hydrogens (tertiary/aromatic N) is 2. The van der Waals surface area contributed by atoms with E-state index in [1.54, 1.807) is 6.20 Å². The van der Waals surface area contributed by atoms with Crippen LogP contribution in [0.3, 0.4) is 0 Å². The number of aromatic nitrogens is 1. The lowest BCUT2D eigenvalue weighted by molar-refractivity contribution is -0.125. The van der Waals surface area contributed by atoms with Gasteiger partial charge in [-0.2, -0.15) is 4.37 Å². The number of primary amides is 1. The van der Waals surface area contributed by atoms with Crippen molar-refractivity contribution in [1.29, 1.82) is 0 Å². The average Bonchev–Trinajstić information content (AvgIpc) is 2.47. The van der Waals surface area contributed by atoms with E-state index in [1.165, 1.54) is 4.90 Å². The molecule has 0 saturated carbocycles. The van der Waals surface area contributed by atoms with Crippen LogP contribution in [0.1, 0.15) is 16.1 Å². The average molecular weight is 290 g/mol. The second-order valence-electron chi connectivity index (χ2n) is 3.21. The van der Waals surface area contributed by atoms with Gasteiger partial charge in [0.15, 0.2) is 0 Å². The van der Waals surface area contributed by atoms with E-state index in [-0.39, 0.29) is 5.91 Å². The van der Waals surface area contributed by atoms with Gasteiger partial charge in [0.2, 0.25) is 5.91 Å². The Balaban J connectivity index is 2.16. The molecule has 0 radical (unpaired) electrons. The first kappa shape index (κ1) is 10.6. The summed E-state index contributed by atoms with van der Waals surface area (Å²) >= 11 is 4.34. The van der Waals surface area contributed by atoms with Crippen LogP contribution in [-0.4, -0.2) is 33.7 Å². The molecule has 15 heavy (non-hydrogen) atoms. The quantitative estimate of drug-likeness (QED) is 0.866. The Morgan fingerprint density at radius 1 is 1.67 bits per heavy atom.